The number of hydrogen-bond acceptors (Lipinski definition) is 2. The first-order valence-corrected chi connectivity index (χ1v) is 8.87. The lowest BCUT2D eigenvalue weighted by Crippen LogP contribution is -2.41. The molecule has 2 rings (SSSR count). The van der Waals surface area contributed by atoms with Gasteiger partial charge in [-0.3, -0.25) is 9.59 Å². The smallest absolute Gasteiger partial charge is 0.226 e. The largest absolute Gasteiger partial charge is 0.352 e. The van der Waals surface area contributed by atoms with Crippen LogP contribution in [0, 0.1) is 17.8 Å². The maximum Gasteiger partial charge on any atom is 0.226 e. The van der Waals surface area contributed by atoms with Crippen molar-refractivity contribution in [3.8, 4) is 0 Å². The van der Waals surface area contributed by atoms with Gasteiger partial charge < -0.3 is 10.2 Å². The van der Waals surface area contributed by atoms with Gasteiger partial charge in [-0.15, -0.1) is 13.2 Å². The molecule has 4 atom stereocenters. The van der Waals surface area contributed by atoms with Crippen LogP contribution in [0.5, 0.6) is 0 Å². The van der Waals surface area contributed by atoms with Crippen LogP contribution in [0.15, 0.2) is 25.3 Å². The summed E-state index contributed by atoms with van der Waals surface area (Å²) >= 11 is 0. The third kappa shape index (κ3) is 4.69. The van der Waals surface area contributed by atoms with E-state index in [0.717, 1.165) is 51.5 Å². The van der Waals surface area contributed by atoms with E-state index >= 15 is 0 Å². The molecule has 23 heavy (non-hydrogen) atoms. The second-order valence-electron chi connectivity index (χ2n) is 6.94. The van der Waals surface area contributed by atoms with Crippen molar-refractivity contribution in [3.63, 3.8) is 0 Å². The number of nitrogens with zero attached hydrogens (tertiary/aromatic N) is 1. The molecule has 0 aliphatic heterocycles. The van der Waals surface area contributed by atoms with E-state index in [1.54, 1.807) is 0 Å². The van der Waals surface area contributed by atoms with Crippen LogP contribution in [-0.2, 0) is 9.59 Å². The van der Waals surface area contributed by atoms with Crippen LogP contribution in [0.4, 0.5) is 0 Å². The predicted molar refractivity (Wildman–Crippen MR) is 92.8 cm³/mol. The summed E-state index contributed by atoms with van der Waals surface area (Å²) in [4.78, 5) is 26.9. The number of allylic oxidation sites excluding steroid dienone is 1. The van der Waals surface area contributed by atoms with E-state index in [1.807, 2.05) is 24.1 Å². The summed E-state index contributed by atoms with van der Waals surface area (Å²) in [7, 11) is 1.86. The van der Waals surface area contributed by atoms with E-state index in [4.69, 9.17) is 0 Å². The van der Waals surface area contributed by atoms with E-state index in [9.17, 15) is 9.59 Å². The van der Waals surface area contributed by atoms with Gasteiger partial charge in [-0.05, 0) is 44.4 Å². The lowest BCUT2D eigenvalue weighted by molar-refractivity contribution is -0.139. The Balaban J connectivity index is 1.82. The van der Waals surface area contributed by atoms with E-state index in [-0.39, 0.29) is 29.7 Å². The third-order valence-electron chi connectivity index (χ3n) is 5.17. The molecule has 2 saturated carbocycles. The van der Waals surface area contributed by atoms with Crippen molar-refractivity contribution in [2.75, 3.05) is 13.6 Å². The first kappa shape index (κ1) is 17.8. The van der Waals surface area contributed by atoms with E-state index < -0.39 is 0 Å². The first-order valence-electron chi connectivity index (χ1n) is 8.87. The molecule has 0 radical (unpaired) electrons. The number of rotatable bonds is 9. The Labute approximate surface area is 140 Å². The predicted octanol–water partition coefficient (Wildman–Crippen LogP) is 2.91. The molecule has 4 heteroatoms. The van der Waals surface area contributed by atoms with Crippen LogP contribution >= 0.6 is 0 Å². The molecule has 0 bridgehead atoms. The molecule has 2 fully saturated rings. The lowest BCUT2D eigenvalue weighted by atomic mass is 9.93. The molecule has 0 spiro atoms. The Morgan fingerprint density at radius 2 is 1.96 bits per heavy atom. The highest BCUT2D eigenvalue weighted by Crippen LogP contribution is 2.36. The monoisotopic (exact) mass is 318 g/mol. The minimum atomic E-state index is -0.149. The highest BCUT2D eigenvalue weighted by atomic mass is 16.2. The molecule has 0 saturated heterocycles. The standard InChI is InChI=1S/C19H30N2O2/c1-4-6-7-8-12-21(3)19(23)16-11-9-10-15(16)18(22)20-17-13-14(17)5-2/h4-5,14-17H,1-2,6-13H2,3H3,(H,20,22)/t14-,15?,16-,17?/m1/s1. The molecule has 0 heterocycles. The SMILES string of the molecule is C=CCCCCN(C)C(=O)[C@@H]1CCCC1C(=O)NC1C[C@H]1C=C. The summed E-state index contributed by atoms with van der Waals surface area (Å²) in [5, 5.41) is 3.09. The van der Waals surface area contributed by atoms with Crippen molar-refractivity contribution >= 4 is 11.8 Å². The van der Waals surface area contributed by atoms with E-state index in [0.29, 0.717) is 5.92 Å². The number of nitrogens with one attached hydrogen (secondary N) is 1. The zero-order chi connectivity index (χ0) is 16.8. The summed E-state index contributed by atoms with van der Waals surface area (Å²) in [6, 6.07) is 0.244. The average Bonchev–Trinajstić information content (AvgIpc) is 3.10. The van der Waals surface area contributed by atoms with Crippen LogP contribution in [0.3, 0.4) is 0 Å². The zero-order valence-electron chi connectivity index (χ0n) is 14.3. The summed E-state index contributed by atoms with van der Waals surface area (Å²) < 4.78 is 0. The van der Waals surface area contributed by atoms with Gasteiger partial charge in [-0.25, -0.2) is 0 Å². The molecule has 0 aromatic heterocycles. The first-order chi connectivity index (χ1) is 11.1. The van der Waals surface area contributed by atoms with Crippen molar-refractivity contribution in [3.05, 3.63) is 25.3 Å². The Bertz CT molecular complexity index is 460. The number of carbonyl (C=O) groups excluding carboxylic acids is 2. The topological polar surface area (TPSA) is 49.4 Å². The van der Waals surface area contributed by atoms with Gasteiger partial charge in [-0.2, -0.15) is 0 Å². The van der Waals surface area contributed by atoms with Gasteiger partial charge in [0.25, 0.3) is 0 Å². The van der Waals surface area contributed by atoms with Gasteiger partial charge in [0.15, 0.2) is 0 Å². The van der Waals surface area contributed by atoms with Crippen molar-refractivity contribution in [2.45, 2.75) is 51.0 Å². The fraction of sp³-hybridized carbons (Fsp3) is 0.684. The molecule has 0 aromatic carbocycles. The van der Waals surface area contributed by atoms with Gasteiger partial charge in [0.1, 0.15) is 0 Å². The fourth-order valence-corrected chi connectivity index (χ4v) is 3.53. The highest BCUT2D eigenvalue weighted by molar-refractivity contribution is 5.88. The quantitative estimate of drug-likeness (QED) is 0.525. The molecule has 2 aliphatic rings. The Morgan fingerprint density at radius 1 is 1.22 bits per heavy atom. The second-order valence-corrected chi connectivity index (χ2v) is 6.94. The minimum Gasteiger partial charge on any atom is -0.352 e. The normalized spacial score (nSPS) is 28.9. The molecule has 2 unspecified atom stereocenters. The number of carbonyl (C=O) groups is 2. The van der Waals surface area contributed by atoms with Crippen LogP contribution < -0.4 is 5.32 Å². The van der Waals surface area contributed by atoms with Gasteiger partial charge in [0.05, 0.1) is 0 Å². The molecule has 4 nitrogen and oxygen atoms in total. The van der Waals surface area contributed by atoms with Crippen LogP contribution in [0.1, 0.15) is 44.9 Å². The molecule has 128 valence electrons. The van der Waals surface area contributed by atoms with Crippen LogP contribution in [0.25, 0.3) is 0 Å². The maximum atomic E-state index is 12.7. The molecule has 2 aliphatic carbocycles. The van der Waals surface area contributed by atoms with Crippen LogP contribution in [0.2, 0.25) is 0 Å². The molecular formula is C19H30N2O2. The van der Waals surface area contributed by atoms with Gasteiger partial charge >= 0.3 is 0 Å². The fourth-order valence-electron chi connectivity index (χ4n) is 3.53. The van der Waals surface area contributed by atoms with Crippen molar-refractivity contribution in [1.29, 1.82) is 0 Å². The Kier molecular flexibility index (Phi) is 6.43. The highest BCUT2D eigenvalue weighted by Gasteiger charge is 2.42. The Hall–Kier alpha value is -1.58. The minimum absolute atomic E-state index is 0.0651. The average molecular weight is 318 g/mol. The van der Waals surface area contributed by atoms with Gasteiger partial charge in [0, 0.05) is 31.5 Å². The van der Waals surface area contributed by atoms with Crippen molar-refractivity contribution in [2.24, 2.45) is 17.8 Å². The van der Waals surface area contributed by atoms with Gasteiger partial charge in [-0.1, -0.05) is 18.6 Å². The molecule has 0 aromatic rings. The zero-order valence-corrected chi connectivity index (χ0v) is 14.3. The van der Waals surface area contributed by atoms with Crippen LogP contribution in [-0.4, -0.2) is 36.3 Å². The Morgan fingerprint density at radius 3 is 2.61 bits per heavy atom. The summed E-state index contributed by atoms with van der Waals surface area (Å²) in [6.45, 7) is 8.24. The summed E-state index contributed by atoms with van der Waals surface area (Å²) in [5.74, 6) is 0.333. The summed E-state index contributed by atoms with van der Waals surface area (Å²) in [5.41, 5.74) is 0. The molecular weight excluding hydrogens is 288 g/mol. The molecule has 1 N–H and O–H groups in total. The third-order valence-corrected chi connectivity index (χ3v) is 5.17. The molecule has 2 amide bonds. The van der Waals surface area contributed by atoms with Crippen molar-refractivity contribution < 1.29 is 9.59 Å². The number of amides is 2. The lowest BCUT2D eigenvalue weighted by Gasteiger charge is -2.25. The number of unbranched alkanes of at least 4 members (excludes halogenated alkanes) is 2. The number of hydrogen-bond donors (Lipinski definition) is 1. The second kappa shape index (κ2) is 8.32. The summed E-state index contributed by atoms with van der Waals surface area (Å²) in [6.07, 6.45) is 10.5. The van der Waals surface area contributed by atoms with Crippen molar-refractivity contribution in [1.82, 2.24) is 10.2 Å². The van der Waals surface area contributed by atoms with Gasteiger partial charge in [0.2, 0.25) is 11.8 Å². The van der Waals surface area contributed by atoms with E-state index in [1.165, 1.54) is 0 Å². The van der Waals surface area contributed by atoms with E-state index in [2.05, 4.69) is 18.5 Å². The maximum absolute atomic E-state index is 12.7.